The van der Waals surface area contributed by atoms with E-state index in [-0.39, 0.29) is 5.41 Å². The van der Waals surface area contributed by atoms with Crippen molar-refractivity contribution in [3.8, 4) is 0 Å². The van der Waals surface area contributed by atoms with E-state index in [0.29, 0.717) is 0 Å². The van der Waals surface area contributed by atoms with Gasteiger partial charge < -0.3 is 0 Å². The van der Waals surface area contributed by atoms with Crippen LogP contribution in [0.4, 0.5) is 0 Å². The van der Waals surface area contributed by atoms with Gasteiger partial charge >= 0.3 is 0 Å². The quantitative estimate of drug-likeness (QED) is 0.439. The molecule has 1 heteroatoms. The van der Waals surface area contributed by atoms with Crippen molar-refractivity contribution >= 4 is 0 Å². The summed E-state index contributed by atoms with van der Waals surface area (Å²) in [6.45, 7) is 7.33. The molecule has 2 aliphatic rings. The van der Waals surface area contributed by atoms with E-state index < -0.39 is 0 Å². The molecule has 3 aromatic carbocycles. The molecule has 0 unspecified atom stereocenters. The van der Waals surface area contributed by atoms with Crippen LogP contribution in [0.5, 0.6) is 0 Å². The van der Waals surface area contributed by atoms with Crippen LogP contribution in [0.2, 0.25) is 0 Å². The third kappa shape index (κ3) is 3.68. The van der Waals surface area contributed by atoms with Crippen molar-refractivity contribution in [2.75, 3.05) is 13.1 Å². The van der Waals surface area contributed by atoms with Gasteiger partial charge in [0.25, 0.3) is 0 Å². The van der Waals surface area contributed by atoms with E-state index in [2.05, 4.69) is 102 Å². The highest BCUT2D eigenvalue weighted by Gasteiger charge is 2.41. The Hall–Kier alpha value is -2.90. The number of rotatable bonds is 5. The van der Waals surface area contributed by atoms with Crippen LogP contribution >= 0.6 is 0 Å². The van der Waals surface area contributed by atoms with Crippen LogP contribution in [0.1, 0.15) is 40.7 Å². The normalized spacial score (nSPS) is 17.7. The first-order valence-corrected chi connectivity index (χ1v) is 11.5. The summed E-state index contributed by atoms with van der Waals surface area (Å²) in [5.74, 6) is 0. The number of benzene rings is 3. The Kier molecular flexibility index (Phi) is 5.61. The highest BCUT2D eigenvalue weighted by molar-refractivity contribution is 5.57. The topological polar surface area (TPSA) is 3.24 Å². The summed E-state index contributed by atoms with van der Waals surface area (Å²) in [6, 6.07) is 29.1. The monoisotopic (exact) mass is 405 g/mol. The van der Waals surface area contributed by atoms with Crippen LogP contribution in [-0.2, 0) is 24.8 Å². The zero-order valence-corrected chi connectivity index (χ0v) is 18.3. The second kappa shape index (κ2) is 8.69. The predicted molar refractivity (Wildman–Crippen MR) is 130 cm³/mol. The Morgan fingerprint density at radius 2 is 1.39 bits per heavy atom. The van der Waals surface area contributed by atoms with Gasteiger partial charge in [-0.05, 0) is 53.5 Å². The Morgan fingerprint density at radius 1 is 0.774 bits per heavy atom. The first kappa shape index (κ1) is 20.0. The fourth-order valence-corrected chi connectivity index (χ4v) is 5.72. The van der Waals surface area contributed by atoms with Gasteiger partial charge in [0.1, 0.15) is 0 Å². The van der Waals surface area contributed by atoms with Gasteiger partial charge in [0, 0.05) is 25.0 Å². The first-order valence-electron chi connectivity index (χ1n) is 11.5. The van der Waals surface area contributed by atoms with Crippen molar-refractivity contribution in [1.82, 2.24) is 4.90 Å². The molecule has 0 atom stereocenters. The second-order valence-corrected chi connectivity index (χ2v) is 8.91. The Morgan fingerprint density at radius 3 is 1.97 bits per heavy atom. The Bertz CT molecular complexity index is 1040. The zero-order chi connectivity index (χ0) is 21.1. The molecule has 1 nitrogen and oxygen atoms in total. The standard InChI is InChI=1S/C30H31N/c1-2-20-30(27-18-21-31(22-19-27)23-24-10-4-3-5-11-24)28-14-8-6-12-25(28)16-17-26-13-7-9-15-29(26)30/h2-15,18H,1,16-17,19-23H2. The lowest BCUT2D eigenvalue weighted by Crippen LogP contribution is -2.37. The van der Waals surface area contributed by atoms with Gasteiger partial charge in [-0.3, -0.25) is 4.90 Å². The second-order valence-electron chi connectivity index (χ2n) is 8.91. The minimum Gasteiger partial charge on any atom is -0.295 e. The molecular weight excluding hydrogens is 374 g/mol. The van der Waals surface area contributed by atoms with Gasteiger partial charge in [-0.2, -0.15) is 0 Å². The Balaban J connectivity index is 1.58. The molecule has 1 aliphatic carbocycles. The van der Waals surface area contributed by atoms with Gasteiger partial charge in [0.15, 0.2) is 0 Å². The minimum atomic E-state index is -0.0930. The van der Waals surface area contributed by atoms with Gasteiger partial charge in [0.2, 0.25) is 0 Å². The molecule has 1 heterocycles. The van der Waals surface area contributed by atoms with Gasteiger partial charge in [-0.15, -0.1) is 6.58 Å². The van der Waals surface area contributed by atoms with Crippen LogP contribution in [0.3, 0.4) is 0 Å². The van der Waals surface area contributed by atoms with Crippen LogP contribution < -0.4 is 0 Å². The molecule has 0 spiro atoms. The van der Waals surface area contributed by atoms with Crippen LogP contribution in [-0.4, -0.2) is 18.0 Å². The summed E-state index contributed by atoms with van der Waals surface area (Å²) in [4.78, 5) is 2.56. The van der Waals surface area contributed by atoms with Crippen LogP contribution in [0.15, 0.2) is 103 Å². The third-order valence-electron chi connectivity index (χ3n) is 7.16. The van der Waals surface area contributed by atoms with E-state index in [4.69, 9.17) is 0 Å². The maximum absolute atomic E-state index is 4.20. The third-order valence-corrected chi connectivity index (χ3v) is 7.16. The largest absolute Gasteiger partial charge is 0.295 e. The van der Waals surface area contributed by atoms with E-state index in [0.717, 1.165) is 45.3 Å². The predicted octanol–water partition coefficient (Wildman–Crippen LogP) is 6.48. The number of hydrogen-bond acceptors (Lipinski definition) is 1. The molecule has 0 saturated heterocycles. The molecule has 0 aromatic heterocycles. The van der Waals surface area contributed by atoms with Crippen molar-refractivity contribution in [3.05, 3.63) is 131 Å². The van der Waals surface area contributed by atoms with Gasteiger partial charge in [-0.25, -0.2) is 0 Å². The van der Waals surface area contributed by atoms with Crippen LogP contribution in [0.25, 0.3) is 0 Å². The van der Waals surface area contributed by atoms with Crippen molar-refractivity contribution in [3.63, 3.8) is 0 Å². The molecule has 31 heavy (non-hydrogen) atoms. The van der Waals surface area contributed by atoms with E-state index in [1.54, 1.807) is 5.57 Å². The lowest BCUT2D eigenvalue weighted by molar-refractivity contribution is 0.278. The highest BCUT2D eigenvalue weighted by atomic mass is 15.1. The van der Waals surface area contributed by atoms with Crippen molar-refractivity contribution in [2.45, 2.75) is 37.6 Å². The van der Waals surface area contributed by atoms with Gasteiger partial charge in [-0.1, -0.05) is 96.6 Å². The van der Waals surface area contributed by atoms with Crippen molar-refractivity contribution in [2.24, 2.45) is 0 Å². The maximum Gasteiger partial charge on any atom is 0.0451 e. The highest BCUT2D eigenvalue weighted by Crippen LogP contribution is 2.49. The molecule has 0 bridgehead atoms. The molecular formula is C30H31N. The van der Waals surface area contributed by atoms with E-state index in [1.807, 2.05) is 0 Å². The lowest BCUT2D eigenvalue weighted by atomic mass is 9.64. The number of hydrogen-bond donors (Lipinski definition) is 0. The average molecular weight is 406 g/mol. The molecule has 0 saturated carbocycles. The summed E-state index contributed by atoms with van der Waals surface area (Å²) in [5, 5.41) is 0. The minimum absolute atomic E-state index is 0.0930. The van der Waals surface area contributed by atoms with Crippen molar-refractivity contribution < 1.29 is 0 Å². The average Bonchev–Trinajstić information content (AvgIpc) is 2.96. The Labute approximate surface area is 186 Å². The summed E-state index contributed by atoms with van der Waals surface area (Å²) in [7, 11) is 0. The van der Waals surface area contributed by atoms with Gasteiger partial charge in [0.05, 0.1) is 0 Å². The van der Waals surface area contributed by atoms with Crippen molar-refractivity contribution in [1.29, 1.82) is 0 Å². The lowest BCUT2D eigenvalue weighted by Gasteiger charge is -2.41. The molecule has 0 amide bonds. The zero-order valence-electron chi connectivity index (χ0n) is 18.3. The van der Waals surface area contributed by atoms with E-state index in [9.17, 15) is 0 Å². The van der Waals surface area contributed by atoms with Crippen LogP contribution in [0, 0.1) is 0 Å². The molecule has 5 rings (SSSR count). The summed E-state index contributed by atoms with van der Waals surface area (Å²) in [6.07, 6.45) is 8.93. The number of allylic oxidation sites excluding steroid dienone is 1. The summed E-state index contributed by atoms with van der Waals surface area (Å²) < 4.78 is 0. The van der Waals surface area contributed by atoms with E-state index in [1.165, 1.54) is 27.8 Å². The molecule has 0 fully saturated rings. The number of fused-ring (bicyclic) bond motifs is 2. The molecule has 0 N–H and O–H groups in total. The molecule has 3 aromatic rings. The molecule has 156 valence electrons. The number of aryl methyl sites for hydroxylation is 2. The smallest absolute Gasteiger partial charge is 0.0451 e. The molecule has 0 radical (unpaired) electrons. The van der Waals surface area contributed by atoms with E-state index >= 15 is 0 Å². The first-order chi connectivity index (χ1) is 15.3. The fourth-order valence-electron chi connectivity index (χ4n) is 5.72. The number of nitrogens with zero attached hydrogens (tertiary/aromatic N) is 1. The SMILES string of the molecule is C=CCC1(C2=CCN(Cc3ccccc3)CC2)c2ccccc2CCc2ccccc21. The fraction of sp³-hybridized carbons (Fsp3) is 0.267. The maximum atomic E-state index is 4.20. The molecule has 1 aliphatic heterocycles. The summed E-state index contributed by atoms with van der Waals surface area (Å²) >= 11 is 0. The summed E-state index contributed by atoms with van der Waals surface area (Å²) in [5.41, 5.74) is 8.83.